The van der Waals surface area contributed by atoms with Gasteiger partial charge in [-0.25, -0.2) is 0 Å². The first-order valence-electron chi connectivity index (χ1n) is 13.1. The molecular weight excluding hydrogens is 380 g/mol. The molecule has 3 aliphatic rings. The predicted octanol–water partition coefficient (Wildman–Crippen LogP) is 7.23. The van der Waals surface area contributed by atoms with E-state index in [-0.39, 0.29) is 0 Å². The lowest BCUT2D eigenvalue weighted by Crippen LogP contribution is -2.36. The van der Waals surface area contributed by atoms with E-state index < -0.39 is 12.2 Å². The molecule has 3 fully saturated rings. The van der Waals surface area contributed by atoms with Gasteiger partial charge in [-0.3, -0.25) is 0 Å². The lowest BCUT2D eigenvalue weighted by Gasteiger charge is -2.44. The first kappa shape index (κ1) is 24.8. The van der Waals surface area contributed by atoms with Gasteiger partial charge in [0.25, 0.3) is 0 Å². The molecule has 2 unspecified atom stereocenters. The molecular formula is C29H48O2. The van der Waals surface area contributed by atoms with Gasteiger partial charge in [0.2, 0.25) is 0 Å². The molecule has 2 N–H and O–H groups in total. The Bertz CT molecular complexity index is 687. The molecule has 3 rings (SSSR count). The van der Waals surface area contributed by atoms with Crippen molar-refractivity contribution < 1.29 is 10.2 Å². The molecule has 2 nitrogen and oxygen atoms in total. The van der Waals surface area contributed by atoms with Gasteiger partial charge in [0.15, 0.2) is 0 Å². The molecule has 0 saturated heterocycles. The summed E-state index contributed by atoms with van der Waals surface area (Å²) in [5.74, 6) is 4.02. The van der Waals surface area contributed by atoms with E-state index in [1.54, 1.807) is 5.57 Å². The van der Waals surface area contributed by atoms with Crippen LogP contribution in [0.25, 0.3) is 0 Å². The second kappa shape index (κ2) is 10.4. The first-order chi connectivity index (χ1) is 14.7. The highest BCUT2D eigenvalue weighted by atomic mass is 16.3. The van der Waals surface area contributed by atoms with Gasteiger partial charge in [-0.05, 0) is 91.1 Å². The molecule has 7 atom stereocenters. The van der Waals surface area contributed by atoms with Gasteiger partial charge in [-0.2, -0.15) is 0 Å². The molecule has 0 amide bonds. The maximum absolute atomic E-state index is 10.2. The summed E-state index contributed by atoms with van der Waals surface area (Å²) >= 11 is 0. The summed E-state index contributed by atoms with van der Waals surface area (Å²) in [5, 5.41) is 20.2. The fourth-order valence-electron chi connectivity index (χ4n) is 7.37. The minimum absolute atomic E-state index is 0.419. The molecule has 0 aromatic rings. The largest absolute Gasteiger partial charge is 0.393 e. The Morgan fingerprint density at radius 1 is 1.13 bits per heavy atom. The van der Waals surface area contributed by atoms with Gasteiger partial charge in [0.05, 0.1) is 12.2 Å². The van der Waals surface area contributed by atoms with Crippen LogP contribution in [0.15, 0.2) is 35.5 Å². The Labute approximate surface area is 191 Å². The zero-order chi connectivity index (χ0) is 22.8. The van der Waals surface area contributed by atoms with Crippen molar-refractivity contribution in [2.24, 2.45) is 35.0 Å². The molecule has 0 aliphatic heterocycles. The van der Waals surface area contributed by atoms with Crippen LogP contribution in [0.5, 0.6) is 0 Å². The molecule has 0 bridgehead atoms. The Morgan fingerprint density at radius 2 is 1.87 bits per heavy atom. The molecule has 0 spiro atoms. The van der Waals surface area contributed by atoms with Crippen molar-refractivity contribution in [2.75, 3.05) is 0 Å². The lowest BCUT2D eigenvalue weighted by molar-refractivity contribution is 0.0860. The smallest absolute Gasteiger partial charge is 0.0811 e. The number of aliphatic hydroxyl groups is 2. The van der Waals surface area contributed by atoms with Gasteiger partial charge in [-0.15, -0.1) is 0 Å². The molecule has 176 valence electrons. The second-order valence-corrected chi connectivity index (χ2v) is 11.6. The first-order valence-corrected chi connectivity index (χ1v) is 13.1. The monoisotopic (exact) mass is 428 g/mol. The van der Waals surface area contributed by atoms with Crippen molar-refractivity contribution in [1.29, 1.82) is 0 Å². The Kier molecular flexibility index (Phi) is 8.30. The summed E-state index contributed by atoms with van der Waals surface area (Å²) in [6.07, 6.45) is 15.1. The van der Waals surface area contributed by atoms with Crippen molar-refractivity contribution >= 4 is 0 Å². The molecule has 31 heavy (non-hydrogen) atoms. The molecule has 0 aromatic heterocycles. The Balaban J connectivity index is 1.71. The molecule has 3 saturated carbocycles. The van der Waals surface area contributed by atoms with E-state index in [1.165, 1.54) is 51.4 Å². The van der Waals surface area contributed by atoms with Crippen molar-refractivity contribution in [2.45, 2.75) is 111 Å². The van der Waals surface area contributed by atoms with Gasteiger partial charge in [0, 0.05) is 6.42 Å². The van der Waals surface area contributed by atoms with E-state index in [9.17, 15) is 10.2 Å². The average Bonchev–Trinajstić information content (AvgIpc) is 3.07. The van der Waals surface area contributed by atoms with Crippen molar-refractivity contribution in [3.8, 4) is 0 Å². The molecule has 0 radical (unpaired) electrons. The lowest BCUT2D eigenvalue weighted by atomic mass is 9.60. The van der Waals surface area contributed by atoms with Crippen LogP contribution in [0.2, 0.25) is 0 Å². The highest BCUT2D eigenvalue weighted by Gasteiger charge is 2.50. The highest BCUT2D eigenvalue weighted by molar-refractivity contribution is 5.38. The Hall–Kier alpha value is -0.860. The van der Waals surface area contributed by atoms with Gasteiger partial charge in [0.1, 0.15) is 0 Å². The van der Waals surface area contributed by atoms with Crippen LogP contribution >= 0.6 is 0 Å². The SMILES string of the molecule is C=C1/C(=C\C=C2/CCC[C@@]3(C)C2CCC3[C@H](C)CC[C@@H](CC)C(C)C)C[C@@H](O)C[C@@H]1O. The molecule has 0 heterocycles. The van der Waals surface area contributed by atoms with E-state index in [2.05, 4.69) is 53.3 Å². The number of hydrogen-bond acceptors (Lipinski definition) is 2. The predicted molar refractivity (Wildman–Crippen MR) is 132 cm³/mol. The topological polar surface area (TPSA) is 40.5 Å². The van der Waals surface area contributed by atoms with Crippen molar-refractivity contribution in [3.63, 3.8) is 0 Å². The van der Waals surface area contributed by atoms with Crippen LogP contribution in [0.3, 0.4) is 0 Å². The van der Waals surface area contributed by atoms with E-state index >= 15 is 0 Å². The van der Waals surface area contributed by atoms with Crippen LogP contribution in [-0.2, 0) is 0 Å². The summed E-state index contributed by atoms with van der Waals surface area (Å²) in [7, 11) is 0. The average molecular weight is 429 g/mol. The second-order valence-electron chi connectivity index (χ2n) is 11.6. The molecule has 2 heteroatoms. The third kappa shape index (κ3) is 5.38. The van der Waals surface area contributed by atoms with Crippen molar-refractivity contribution in [1.82, 2.24) is 0 Å². The van der Waals surface area contributed by atoms with Crippen LogP contribution in [0, 0.1) is 35.0 Å². The maximum atomic E-state index is 10.2. The number of aliphatic hydroxyl groups excluding tert-OH is 2. The Morgan fingerprint density at radius 3 is 2.55 bits per heavy atom. The van der Waals surface area contributed by atoms with Crippen LogP contribution in [0.1, 0.15) is 98.8 Å². The number of allylic oxidation sites excluding steroid dienone is 3. The molecule has 3 aliphatic carbocycles. The van der Waals surface area contributed by atoms with E-state index in [0.29, 0.717) is 24.2 Å². The third-order valence-electron chi connectivity index (χ3n) is 9.45. The van der Waals surface area contributed by atoms with Crippen LogP contribution in [-0.4, -0.2) is 22.4 Å². The van der Waals surface area contributed by atoms with Gasteiger partial charge < -0.3 is 10.2 Å². The van der Waals surface area contributed by atoms with Crippen molar-refractivity contribution in [3.05, 3.63) is 35.5 Å². The number of hydrogen-bond donors (Lipinski definition) is 2. The summed E-state index contributed by atoms with van der Waals surface area (Å²) in [4.78, 5) is 0. The summed E-state index contributed by atoms with van der Waals surface area (Å²) < 4.78 is 0. The minimum Gasteiger partial charge on any atom is -0.393 e. The fourth-order valence-corrected chi connectivity index (χ4v) is 7.37. The minimum atomic E-state index is -0.598. The van der Waals surface area contributed by atoms with Crippen LogP contribution in [0.4, 0.5) is 0 Å². The quantitative estimate of drug-likeness (QED) is 0.449. The standard InChI is InChI=1S/C29H48O2/c1-7-22(19(2)3)11-10-20(4)26-14-15-27-23(9-8-16-29(26,27)6)12-13-24-17-25(30)18-28(31)21(24)5/h12-13,19-20,22,25-28,30-31H,5,7-11,14-18H2,1-4,6H3/b23-12+,24-13-/t20-,22-,25-,26?,27?,28+,29-/m1/s1. The normalized spacial score (nSPS) is 38.6. The summed E-state index contributed by atoms with van der Waals surface area (Å²) in [6.45, 7) is 16.3. The number of fused-ring (bicyclic) bond motifs is 1. The van der Waals surface area contributed by atoms with E-state index in [0.717, 1.165) is 34.8 Å². The molecule has 0 aromatic carbocycles. The summed E-state index contributed by atoms with van der Waals surface area (Å²) in [6, 6.07) is 0. The maximum Gasteiger partial charge on any atom is 0.0811 e. The third-order valence-corrected chi connectivity index (χ3v) is 9.45. The fraction of sp³-hybridized carbons (Fsp3) is 0.793. The van der Waals surface area contributed by atoms with E-state index in [4.69, 9.17) is 0 Å². The van der Waals surface area contributed by atoms with Gasteiger partial charge >= 0.3 is 0 Å². The zero-order valence-corrected chi connectivity index (χ0v) is 20.9. The van der Waals surface area contributed by atoms with Crippen LogP contribution < -0.4 is 0 Å². The highest BCUT2D eigenvalue weighted by Crippen LogP contribution is 2.60. The summed E-state index contributed by atoms with van der Waals surface area (Å²) in [5.41, 5.74) is 3.87. The van der Waals surface area contributed by atoms with Gasteiger partial charge in [-0.1, -0.05) is 71.8 Å². The van der Waals surface area contributed by atoms with E-state index in [1.807, 2.05) is 0 Å². The number of rotatable bonds is 7. The zero-order valence-electron chi connectivity index (χ0n) is 20.9.